The summed E-state index contributed by atoms with van der Waals surface area (Å²) < 4.78 is 0. The Kier molecular flexibility index (Phi) is 7.04. The lowest BCUT2D eigenvalue weighted by atomic mass is 10.2. The van der Waals surface area contributed by atoms with Gasteiger partial charge in [0, 0.05) is 24.2 Å². The minimum Gasteiger partial charge on any atom is -0.383 e. The van der Waals surface area contributed by atoms with Crippen LogP contribution in [0.25, 0.3) is 0 Å². The van der Waals surface area contributed by atoms with Gasteiger partial charge in [0.1, 0.15) is 11.6 Å². The van der Waals surface area contributed by atoms with Crippen molar-refractivity contribution in [3.8, 4) is 0 Å². The van der Waals surface area contributed by atoms with Gasteiger partial charge in [-0.2, -0.15) is 0 Å². The summed E-state index contributed by atoms with van der Waals surface area (Å²) in [6, 6.07) is 13.5. The average Bonchev–Trinajstić information content (AvgIpc) is 2.59. The number of nitrogen functional groups attached to an aromatic ring is 1. The van der Waals surface area contributed by atoms with Crippen molar-refractivity contribution in [3.63, 3.8) is 0 Å². The Labute approximate surface area is 142 Å². The minimum atomic E-state index is -0.0471. The van der Waals surface area contributed by atoms with Crippen LogP contribution in [0, 0.1) is 0 Å². The van der Waals surface area contributed by atoms with Crippen molar-refractivity contribution in [2.24, 2.45) is 5.73 Å². The zero-order valence-corrected chi connectivity index (χ0v) is 13.8. The van der Waals surface area contributed by atoms with Crippen LogP contribution in [0.5, 0.6) is 0 Å². The molecule has 0 aliphatic carbocycles. The molecule has 6 heteroatoms. The summed E-state index contributed by atoms with van der Waals surface area (Å²) in [5.41, 5.74) is 13.3. The second-order valence-electron chi connectivity index (χ2n) is 5.61. The first-order chi connectivity index (χ1) is 11.7. The zero-order valence-electron chi connectivity index (χ0n) is 13.8. The molecule has 2 rings (SSSR count). The van der Waals surface area contributed by atoms with Gasteiger partial charge < -0.3 is 22.1 Å². The molecule has 0 aliphatic rings. The first-order valence-electron chi connectivity index (χ1n) is 8.23. The highest BCUT2D eigenvalue weighted by Crippen LogP contribution is 2.16. The van der Waals surface area contributed by atoms with E-state index in [-0.39, 0.29) is 5.91 Å². The van der Waals surface area contributed by atoms with E-state index in [9.17, 15) is 4.79 Å². The third-order valence-electron chi connectivity index (χ3n) is 3.64. The van der Waals surface area contributed by atoms with Gasteiger partial charge in [0.2, 0.25) is 5.91 Å². The maximum Gasteiger partial charge on any atom is 0.225 e. The summed E-state index contributed by atoms with van der Waals surface area (Å²) in [4.78, 5) is 16.1. The molecule has 1 amide bonds. The molecule has 0 aliphatic heterocycles. The molecule has 1 aromatic carbocycles. The number of nitrogens with two attached hydrogens (primary N) is 2. The van der Waals surface area contributed by atoms with Gasteiger partial charge in [0.05, 0.1) is 0 Å². The number of pyridine rings is 1. The van der Waals surface area contributed by atoms with E-state index in [2.05, 4.69) is 15.6 Å². The number of anilines is 3. The van der Waals surface area contributed by atoms with Gasteiger partial charge in [-0.25, -0.2) is 4.98 Å². The molecule has 6 N–H and O–H groups in total. The van der Waals surface area contributed by atoms with E-state index in [0.29, 0.717) is 31.1 Å². The van der Waals surface area contributed by atoms with Crippen LogP contribution in [0.15, 0.2) is 42.5 Å². The van der Waals surface area contributed by atoms with Crippen molar-refractivity contribution in [2.45, 2.75) is 32.2 Å². The van der Waals surface area contributed by atoms with Gasteiger partial charge in [-0.05, 0) is 43.7 Å². The van der Waals surface area contributed by atoms with E-state index in [1.54, 1.807) is 6.07 Å². The van der Waals surface area contributed by atoms with E-state index in [1.807, 2.05) is 36.4 Å². The molecule has 0 atom stereocenters. The summed E-state index contributed by atoms with van der Waals surface area (Å²) >= 11 is 0. The van der Waals surface area contributed by atoms with Crippen LogP contribution in [0.2, 0.25) is 0 Å². The number of hydrogen-bond acceptors (Lipinski definition) is 5. The fourth-order valence-corrected chi connectivity index (χ4v) is 2.29. The van der Waals surface area contributed by atoms with Crippen molar-refractivity contribution < 1.29 is 4.79 Å². The molecule has 1 aromatic heterocycles. The third-order valence-corrected chi connectivity index (χ3v) is 3.64. The lowest BCUT2D eigenvalue weighted by molar-refractivity contribution is -0.116. The summed E-state index contributed by atoms with van der Waals surface area (Å²) in [7, 11) is 0. The Morgan fingerprint density at radius 1 is 1.04 bits per heavy atom. The second-order valence-corrected chi connectivity index (χ2v) is 5.61. The van der Waals surface area contributed by atoms with Crippen LogP contribution in [-0.2, 0) is 11.3 Å². The highest BCUT2D eigenvalue weighted by molar-refractivity contribution is 5.89. The Morgan fingerprint density at radius 3 is 2.54 bits per heavy atom. The highest BCUT2D eigenvalue weighted by atomic mass is 16.1. The van der Waals surface area contributed by atoms with Crippen LogP contribution < -0.4 is 22.1 Å². The number of rotatable bonds is 9. The fourth-order valence-electron chi connectivity index (χ4n) is 2.29. The Balaban J connectivity index is 1.84. The Morgan fingerprint density at radius 2 is 1.83 bits per heavy atom. The van der Waals surface area contributed by atoms with Crippen LogP contribution in [0.3, 0.4) is 0 Å². The van der Waals surface area contributed by atoms with Gasteiger partial charge in [0.15, 0.2) is 0 Å². The van der Waals surface area contributed by atoms with Gasteiger partial charge in [-0.1, -0.05) is 24.6 Å². The number of nitrogens with zero attached hydrogens (tertiary/aromatic N) is 1. The molecule has 0 bridgehead atoms. The first kappa shape index (κ1) is 17.7. The van der Waals surface area contributed by atoms with Crippen LogP contribution in [0.1, 0.15) is 31.2 Å². The topological polar surface area (TPSA) is 106 Å². The van der Waals surface area contributed by atoms with Gasteiger partial charge >= 0.3 is 0 Å². The molecule has 2 aromatic rings. The molecule has 6 nitrogen and oxygen atoms in total. The normalized spacial score (nSPS) is 10.4. The first-order valence-corrected chi connectivity index (χ1v) is 8.23. The van der Waals surface area contributed by atoms with Gasteiger partial charge in [-0.15, -0.1) is 0 Å². The van der Waals surface area contributed by atoms with Gasteiger partial charge in [0.25, 0.3) is 0 Å². The number of unbranched alkanes of at least 4 members (excludes halogenated alkanes) is 2. The van der Waals surface area contributed by atoms with Crippen molar-refractivity contribution in [3.05, 3.63) is 48.0 Å². The molecule has 24 heavy (non-hydrogen) atoms. The molecule has 0 spiro atoms. The summed E-state index contributed by atoms with van der Waals surface area (Å²) in [6.07, 6.45) is 3.21. The molecule has 0 unspecified atom stereocenters. The van der Waals surface area contributed by atoms with Crippen molar-refractivity contribution in [1.82, 2.24) is 4.98 Å². The van der Waals surface area contributed by atoms with E-state index in [4.69, 9.17) is 11.5 Å². The molecule has 128 valence electrons. The van der Waals surface area contributed by atoms with E-state index >= 15 is 0 Å². The van der Waals surface area contributed by atoms with Crippen molar-refractivity contribution >= 4 is 23.2 Å². The molecule has 1 heterocycles. The number of para-hydroxylation sites is 1. The maximum atomic E-state index is 11.8. The Bertz CT molecular complexity index is 645. The van der Waals surface area contributed by atoms with Gasteiger partial charge in [-0.3, -0.25) is 4.79 Å². The minimum absolute atomic E-state index is 0.0471. The number of nitrogens with one attached hydrogen (secondary N) is 2. The lowest BCUT2D eigenvalue weighted by Gasteiger charge is -2.10. The van der Waals surface area contributed by atoms with Crippen molar-refractivity contribution in [1.29, 1.82) is 0 Å². The van der Waals surface area contributed by atoms with Crippen LogP contribution >= 0.6 is 0 Å². The maximum absolute atomic E-state index is 11.8. The number of aromatic nitrogens is 1. The third kappa shape index (κ3) is 5.89. The van der Waals surface area contributed by atoms with Crippen LogP contribution in [-0.4, -0.2) is 17.4 Å². The number of carbonyl (C=O) groups excluding carboxylic acids is 1. The highest BCUT2D eigenvalue weighted by Gasteiger charge is 2.06. The summed E-state index contributed by atoms with van der Waals surface area (Å²) in [5.74, 6) is 0.855. The predicted molar refractivity (Wildman–Crippen MR) is 98.6 cm³/mol. The zero-order chi connectivity index (χ0) is 17.2. The largest absolute Gasteiger partial charge is 0.383 e. The second kappa shape index (κ2) is 9.52. The molecule has 0 saturated carbocycles. The van der Waals surface area contributed by atoms with E-state index in [0.717, 1.165) is 30.5 Å². The molecular formula is C18H25N5O. The lowest BCUT2D eigenvalue weighted by Crippen LogP contribution is -2.14. The number of benzene rings is 1. The summed E-state index contributed by atoms with van der Waals surface area (Å²) in [5, 5.41) is 6.06. The monoisotopic (exact) mass is 327 g/mol. The quantitative estimate of drug-likeness (QED) is 0.530. The predicted octanol–water partition coefficient (Wildman–Crippen LogP) is 2.73. The van der Waals surface area contributed by atoms with Crippen molar-refractivity contribution in [2.75, 3.05) is 22.9 Å². The van der Waals surface area contributed by atoms with E-state index < -0.39 is 0 Å². The molecular weight excluding hydrogens is 302 g/mol. The van der Waals surface area contributed by atoms with E-state index in [1.165, 1.54) is 0 Å². The SMILES string of the molecule is NCCCCCC(=O)Nc1ccc(CNc2ccccc2)c(N)n1. The molecule has 0 radical (unpaired) electrons. The Hall–Kier alpha value is -2.60. The average molecular weight is 327 g/mol. The number of amides is 1. The number of carbonyl (C=O) groups is 1. The molecule has 0 fully saturated rings. The number of hydrogen-bond donors (Lipinski definition) is 4. The smallest absolute Gasteiger partial charge is 0.225 e. The van der Waals surface area contributed by atoms with Crippen LogP contribution in [0.4, 0.5) is 17.3 Å². The summed E-state index contributed by atoms with van der Waals surface area (Å²) in [6.45, 7) is 1.24. The standard InChI is InChI=1S/C18H25N5O/c19-12-6-2-5-9-17(24)22-16-11-10-14(18(20)23-16)13-21-15-7-3-1-4-8-15/h1,3-4,7-8,10-11,21H,2,5-6,9,12-13,19H2,(H3,20,22,23,24). The molecule has 0 saturated heterocycles. The fraction of sp³-hybridized carbons (Fsp3) is 0.333.